The second-order valence-electron chi connectivity index (χ2n) is 12.0. The van der Waals surface area contributed by atoms with Gasteiger partial charge in [-0.25, -0.2) is 9.97 Å². The third kappa shape index (κ3) is 7.42. The fourth-order valence-electron chi connectivity index (χ4n) is 5.69. The number of piperazine rings is 1. The van der Waals surface area contributed by atoms with Gasteiger partial charge in [-0.05, 0) is 75.4 Å². The normalized spacial score (nSPS) is 13.6. The Morgan fingerprint density at radius 3 is 2.44 bits per heavy atom. The number of benzene rings is 3. The largest absolute Gasteiger partial charge is 0.489 e. The third-order valence-corrected chi connectivity index (χ3v) is 8.49. The first-order valence-corrected chi connectivity index (χ1v) is 16.3. The van der Waals surface area contributed by atoms with E-state index in [1.54, 1.807) is 81.0 Å². The van der Waals surface area contributed by atoms with Gasteiger partial charge in [0.05, 0.1) is 35.8 Å². The summed E-state index contributed by atoms with van der Waals surface area (Å²) in [5.74, 6) is 2.06. The van der Waals surface area contributed by atoms with Gasteiger partial charge in [0.2, 0.25) is 0 Å². The van der Waals surface area contributed by atoms with E-state index in [-0.39, 0.29) is 36.5 Å². The third-order valence-electron chi connectivity index (χ3n) is 8.23. The number of aryl methyl sites for hydroxylation is 1. The summed E-state index contributed by atoms with van der Waals surface area (Å²) < 4.78 is 15.2. The van der Waals surface area contributed by atoms with Crippen molar-refractivity contribution in [2.24, 2.45) is 0 Å². The molecule has 0 radical (unpaired) electrons. The van der Waals surface area contributed by atoms with E-state index in [1.807, 2.05) is 32.9 Å². The van der Waals surface area contributed by atoms with E-state index in [0.29, 0.717) is 77.2 Å². The van der Waals surface area contributed by atoms with Gasteiger partial charge < -0.3 is 18.9 Å². The summed E-state index contributed by atoms with van der Waals surface area (Å²) >= 11 is 5.94. The molecule has 0 spiro atoms. The molecule has 0 bridgehead atoms. The van der Waals surface area contributed by atoms with Gasteiger partial charge in [-0.15, -0.1) is 0 Å². The van der Waals surface area contributed by atoms with Crippen LogP contribution in [0, 0.1) is 6.92 Å². The molecular weight excluding hydrogens is 632 g/mol. The lowest BCUT2D eigenvalue weighted by atomic mass is 10.1. The summed E-state index contributed by atoms with van der Waals surface area (Å²) in [6.45, 7) is 8.21. The number of carbonyl (C=O) groups is 2. The van der Waals surface area contributed by atoms with E-state index in [9.17, 15) is 14.4 Å². The van der Waals surface area contributed by atoms with Crippen molar-refractivity contribution in [1.82, 2.24) is 28.9 Å². The van der Waals surface area contributed by atoms with Crippen molar-refractivity contribution in [3.8, 4) is 17.2 Å². The quantitative estimate of drug-likeness (QED) is 0.182. The fraction of sp³-hybridized carbons (Fsp3) is 0.306. The molecule has 0 aliphatic carbocycles. The molecule has 5 aromatic rings. The number of ether oxygens (including phenoxy) is 2. The second kappa shape index (κ2) is 14.4. The molecule has 0 unspecified atom stereocenters. The lowest BCUT2D eigenvalue weighted by molar-refractivity contribution is -0.135. The SMILES string of the molecule is Cc1nccn1CC(=O)c1ccc(OC(C)C)c(-n2c(CN3CCN(C(=O)COc4ccc(Cl)cc4)CC3)nc3ccccc3c2=O)c1. The monoisotopic (exact) mass is 668 g/mol. The van der Waals surface area contributed by atoms with Gasteiger partial charge in [0.15, 0.2) is 12.4 Å². The molecule has 48 heavy (non-hydrogen) atoms. The van der Waals surface area contributed by atoms with Gasteiger partial charge in [0.25, 0.3) is 11.5 Å². The maximum atomic E-state index is 14.2. The maximum Gasteiger partial charge on any atom is 0.266 e. The molecule has 3 aromatic carbocycles. The number of carbonyl (C=O) groups excluding carboxylic acids is 2. The molecule has 1 aliphatic rings. The molecule has 1 fully saturated rings. The van der Waals surface area contributed by atoms with E-state index in [4.69, 9.17) is 26.1 Å². The van der Waals surface area contributed by atoms with Crippen LogP contribution >= 0.6 is 11.6 Å². The average molecular weight is 669 g/mol. The average Bonchev–Trinajstić information content (AvgIpc) is 3.48. The van der Waals surface area contributed by atoms with Crippen molar-refractivity contribution in [3.63, 3.8) is 0 Å². The smallest absolute Gasteiger partial charge is 0.266 e. The summed E-state index contributed by atoms with van der Waals surface area (Å²) in [4.78, 5) is 53.7. The maximum absolute atomic E-state index is 14.2. The number of amides is 1. The summed E-state index contributed by atoms with van der Waals surface area (Å²) in [6, 6.07) is 19.3. The topological polar surface area (TPSA) is 112 Å². The number of aromatic nitrogens is 4. The number of fused-ring (bicyclic) bond motifs is 1. The van der Waals surface area contributed by atoms with Gasteiger partial charge in [-0.2, -0.15) is 0 Å². The summed E-state index contributed by atoms with van der Waals surface area (Å²) in [5, 5.41) is 1.06. The van der Waals surface area contributed by atoms with Crippen molar-refractivity contribution in [2.75, 3.05) is 32.8 Å². The Labute approximate surface area is 283 Å². The van der Waals surface area contributed by atoms with Crippen LogP contribution in [-0.4, -0.2) is 79.5 Å². The van der Waals surface area contributed by atoms with Crippen LogP contribution in [0.2, 0.25) is 5.02 Å². The molecule has 1 saturated heterocycles. The van der Waals surface area contributed by atoms with Crippen LogP contribution in [0.5, 0.6) is 11.5 Å². The lowest BCUT2D eigenvalue weighted by Gasteiger charge is -2.34. The Bertz CT molecular complexity index is 2000. The van der Waals surface area contributed by atoms with Crippen molar-refractivity contribution in [3.05, 3.63) is 112 Å². The molecule has 248 valence electrons. The zero-order valence-electron chi connectivity index (χ0n) is 27.1. The Morgan fingerprint density at radius 1 is 0.979 bits per heavy atom. The second-order valence-corrected chi connectivity index (χ2v) is 12.4. The molecule has 2 aromatic heterocycles. The van der Waals surface area contributed by atoms with Gasteiger partial charge in [0.1, 0.15) is 23.1 Å². The number of imidazole rings is 1. The standard InChI is InChI=1S/C36H37ClN6O5/c1-24(2)48-33-13-8-26(32(44)21-42-15-14-38-25(42)3)20-31(33)43-34(39-30-7-5-4-6-29(30)36(43)46)22-40-16-18-41(19-17-40)35(45)23-47-28-11-9-27(37)10-12-28/h4-15,20,24H,16-19,21-23H2,1-3H3. The van der Waals surface area contributed by atoms with Crippen molar-refractivity contribution in [1.29, 1.82) is 0 Å². The minimum atomic E-state index is -0.257. The van der Waals surface area contributed by atoms with Gasteiger partial charge in [-0.1, -0.05) is 23.7 Å². The molecular formula is C36H37ClN6O5. The van der Waals surface area contributed by atoms with E-state index >= 15 is 0 Å². The Kier molecular flexibility index (Phi) is 9.88. The summed E-state index contributed by atoms with van der Waals surface area (Å²) in [7, 11) is 0. The first-order valence-electron chi connectivity index (χ1n) is 15.9. The number of Topliss-reactive ketones (excluding diaryl/α,β-unsaturated/α-hetero) is 1. The highest BCUT2D eigenvalue weighted by Gasteiger charge is 2.25. The zero-order valence-corrected chi connectivity index (χ0v) is 27.9. The first-order chi connectivity index (χ1) is 23.2. The first kappa shape index (κ1) is 32.9. The number of rotatable bonds is 11. The Hall–Kier alpha value is -5.00. The van der Waals surface area contributed by atoms with Gasteiger partial charge in [-0.3, -0.25) is 23.9 Å². The lowest BCUT2D eigenvalue weighted by Crippen LogP contribution is -2.50. The number of hydrogen-bond acceptors (Lipinski definition) is 8. The van der Waals surface area contributed by atoms with Crippen LogP contribution in [0.1, 0.15) is 35.9 Å². The molecule has 11 nitrogen and oxygen atoms in total. The molecule has 0 saturated carbocycles. The van der Waals surface area contributed by atoms with Gasteiger partial charge in [0, 0.05) is 49.2 Å². The van der Waals surface area contributed by atoms with Crippen molar-refractivity contribution < 1.29 is 19.1 Å². The van der Waals surface area contributed by atoms with E-state index in [1.165, 1.54) is 0 Å². The minimum Gasteiger partial charge on any atom is -0.489 e. The van der Waals surface area contributed by atoms with Crippen LogP contribution < -0.4 is 15.0 Å². The van der Waals surface area contributed by atoms with Crippen LogP contribution in [0.4, 0.5) is 0 Å². The van der Waals surface area contributed by atoms with Crippen molar-refractivity contribution in [2.45, 2.75) is 40.0 Å². The minimum absolute atomic E-state index is 0.0679. The number of nitrogens with zero attached hydrogens (tertiary/aromatic N) is 6. The number of para-hydroxylation sites is 1. The van der Waals surface area contributed by atoms with E-state index in [2.05, 4.69) is 9.88 Å². The number of ketones is 1. The highest BCUT2D eigenvalue weighted by molar-refractivity contribution is 6.30. The fourth-order valence-corrected chi connectivity index (χ4v) is 5.82. The molecule has 6 rings (SSSR count). The predicted octanol–water partition coefficient (Wildman–Crippen LogP) is 4.94. The zero-order chi connectivity index (χ0) is 33.8. The molecule has 3 heterocycles. The van der Waals surface area contributed by atoms with Gasteiger partial charge >= 0.3 is 0 Å². The molecule has 12 heteroatoms. The van der Waals surface area contributed by atoms with Crippen LogP contribution in [0.3, 0.4) is 0 Å². The highest BCUT2D eigenvalue weighted by Crippen LogP contribution is 2.28. The molecule has 0 N–H and O–H groups in total. The summed E-state index contributed by atoms with van der Waals surface area (Å²) in [6.07, 6.45) is 3.24. The molecule has 1 amide bonds. The Balaban J connectivity index is 1.27. The van der Waals surface area contributed by atoms with E-state index < -0.39 is 0 Å². The number of halogens is 1. The van der Waals surface area contributed by atoms with E-state index in [0.717, 1.165) is 5.82 Å². The molecule has 0 atom stereocenters. The predicted molar refractivity (Wildman–Crippen MR) is 183 cm³/mol. The summed E-state index contributed by atoms with van der Waals surface area (Å²) in [5.41, 5.74) is 1.21. The molecule has 1 aliphatic heterocycles. The Morgan fingerprint density at radius 2 is 1.73 bits per heavy atom. The van der Waals surface area contributed by atoms with Crippen LogP contribution in [-0.2, 0) is 17.9 Å². The highest BCUT2D eigenvalue weighted by atomic mass is 35.5. The van der Waals surface area contributed by atoms with Crippen LogP contribution in [0.15, 0.2) is 83.9 Å². The number of hydrogen-bond donors (Lipinski definition) is 0. The van der Waals surface area contributed by atoms with Crippen molar-refractivity contribution >= 4 is 34.2 Å². The van der Waals surface area contributed by atoms with Crippen LogP contribution in [0.25, 0.3) is 16.6 Å².